The third-order valence-electron chi connectivity index (χ3n) is 3.48. The first-order chi connectivity index (χ1) is 9.57. The monoisotopic (exact) mass is 297 g/mol. The maximum atomic E-state index is 12.4. The average Bonchev–Trinajstić information content (AvgIpc) is 2.42. The summed E-state index contributed by atoms with van der Waals surface area (Å²) in [5.41, 5.74) is -0.0186. The minimum atomic E-state index is -0.765. The third kappa shape index (κ3) is 3.25. The number of para-hydroxylation sites is 1. The van der Waals surface area contributed by atoms with Crippen LogP contribution >= 0.6 is 11.6 Å². The molecule has 1 aliphatic heterocycles. The number of hydrogen-bond acceptors (Lipinski definition) is 4. The van der Waals surface area contributed by atoms with Crippen LogP contribution < -0.4 is 5.32 Å². The van der Waals surface area contributed by atoms with Crippen LogP contribution in [0.5, 0.6) is 0 Å². The molecule has 5 heteroatoms. The van der Waals surface area contributed by atoms with Crippen molar-refractivity contribution in [2.45, 2.75) is 38.3 Å². The second kappa shape index (κ2) is 6.46. The molecule has 110 valence electrons. The van der Waals surface area contributed by atoms with E-state index >= 15 is 0 Å². The van der Waals surface area contributed by atoms with Gasteiger partial charge in [0.1, 0.15) is 5.54 Å². The Bertz CT molecular complexity index is 480. The molecule has 1 heterocycles. The van der Waals surface area contributed by atoms with E-state index < -0.39 is 5.54 Å². The Morgan fingerprint density at radius 3 is 2.95 bits per heavy atom. The highest BCUT2D eigenvalue weighted by Crippen LogP contribution is 2.33. The van der Waals surface area contributed by atoms with E-state index in [9.17, 15) is 4.79 Å². The smallest absolute Gasteiger partial charge is 0.331 e. The summed E-state index contributed by atoms with van der Waals surface area (Å²) < 4.78 is 10.8. The zero-order chi connectivity index (χ0) is 14.6. The molecule has 0 saturated carbocycles. The maximum absolute atomic E-state index is 12.4. The molecule has 0 aromatic heterocycles. The van der Waals surface area contributed by atoms with Gasteiger partial charge in [-0.15, -0.1) is 0 Å². The molecule has 2 unspecified atom stereocenters. The molecular formula is C15H20ClNO3. The normalized spacial score (nSPS) is 26.1. The highest BCUT2D eigenvalue weighted by Gasteiger charge is 2.44. The first kappa shape index (κ1) is 15.1. The minimum Gasteiger partial charge on any atom is -0.464 e. The summed E-state index contributed by atoms with van der Waals surface area (Å²) in [4.78, 5) is 12.4. The fourth-order valence-corrected chi connectivity index (χ4v) is 2.71. The van der Waals surface area contributed by atoms with Gasteiger partial charge in [0, 0.05) is 19.4 Å². The van der Waals surface area contributed by atoms with Crippen LogP contribution in [0.15, 0.2) is 24.3 Å². The van der Waals surface area contributed by atoms with Crippen LogP contribution in [-0.4, -0.2) is 30.8 Å². The molecular weight excluding hydrogens is 278 g/mol. The number of anilines is 1. The van der Waals surface area contributed by atoms with Crippen molar-refractivity contribution in [3.63, 3.8) is 0 Å². The van der Waals surface area contributed by atoms with Gasteiger partial charge < -0.3 is 14.8 Å². The topological polar surface area (TPSA) is 47.6 Å². The van der Waals surface area contributed by atoms with Crippen LogP contribution in [-0.2, 0) is 14.3 Å². The molecule has 1 N–H and O–H groups in total. The van der Waals surface area contributed by atoms with E-state index in [4.69, 9.17) is 21.1 Å². The second-order valence-electron chi connectivity index (χ2n) is 5.04. The van der Waals surface area contributed by atoms with E-state index in [0.29, 0.717) is 31.1 Å². The molecule has 1 aromatic rings. The minimum absolute atomic E-state index is 0.00291. The van der Waals surface area contributed by atoms with Gasteiger partial charge in [-0.05, 0) is 26.0 Å². The Morgan fingerprint density at radius 2 is 2.30 bits per heavy atom. The number of carbonyl (C=O) groups excluding carboxylic acids is 1. The van der Waals surface area contributed by atoms with E-state index in [1.807, 2.05) is 32.0 Å². The molecule has 0 amide bonds. The van der Waals surface area contributed by atoms with Crippen LogP contribution in [0, 0.1) is 0 Å². The summed E-state index contributed by atoms with van der Waals surface area (Å²) in [5.74, 6) is -0.241. The fraction of sp³-hybridized carbons (Fsp3) is 0.533. The molecule has 1 aliphatic rings. The van der Waals surface area contributed by atoms with Gasteiger partial charge in [-0.25, -0.2) is 4.79 Å². The molecule has 0 bridgehead atoms. The van der Waals surface area contributed by atoms with Gasteiger partial charge in [-0.1, -0.05) is 23.7 Å². The predicted octanol–water partition coefficient (Wildman–Crippen LogP) is 3.25. The number of benzene rings is 1. The lowest BCUT2D eigenvalue weighted by atomic mass is 9.86. The number of carbonyl (C=O) groups is 1. The Morgan fingerprint density at radius 1 is 1.55 bits per heavy atom. The summed E-state index contributed by atoms with van der Waals surface area (Å²) >= 11 is 6.18. The van der Waals surface area contributed by atoms with Crippen molar-refractivity contribution >= 4 is 23.3 Å². The second-order valence-corrected chi connectivity index (χ2v) is 5.45. The molecule has 2 atom stereocenters. The van der Waals surface area contributed by atoms with Crippen molar-refractivity contribution in [3.05, 3.63) is 29.3 Å². The highest BCUT2D eigenvalue weighted by atomic mass is 35.5. The quantitative estimate of drug-likeness (QED) is 0.867. The molecule has 2 rings (SSSR count). The molecule has 1 aromatic carbocycles. The third-order valence-corrected chi connectivity index (χ3v) is 3.81. The average molecular weight is 298 g/mol. The fourth-order valence-electron chi connectivity index (χ4n) is 2.53. The lowest BCUT2D eigenvalue weighted by Gasteiger charge is -2.39. The van der Waals surface area contributed by atoms with Crippen LogP contribution in [0.2, 0.25) is 5.02 Å². The van der Waals surface area contributed by atoms with Crippen LogP contribution in [0.1, 0.15) is 26.7 Å². The Balaban J connectivity index is 2.27. The van der Waals surface area contributed by atoms with E-state index in [1.165, 1.54) is 0 Å². The van der Waals surface area contributed by atoms with Crippen molar-refractivity contribution < 1.29 is 14.3 Å². The van der Waals surface area contributed by atoms with E-state index in [-0.39, 0.29) is 12.1 Å². The summed E-state index contributed by atoms with van der Waals surface area (Å²) in [6, 6.07) is 7.40. The van der Waals surface area contributed by atoms with Crippen molar-refractivity contribution in [2.75, 3.05) is 18.5 Å². The molecule has 0 aliphatic carbocycles. The van der Waals surface area contributed by atoms with Crippen molar-refractivity contribution in [3.8, 4) is 0 Å². The summed E-state index contributed by atoms with van der Waals surface area (Å²) in [6.45, 7) is 4.66. The SMILES string of the molecule is CCOC(=O)C1(Nc2ccccc2Cl)CCOC(C)C1. The van der Waals surface area contributed by atoms with E-state index in [2.05, 4.69) is 5.32 Å². The van der Waals surface area contributed by atoms with Crippen molar-refractivity contribution in [1.82, 2.24) is 0 Å². The maximum Gasteiger partial charge on any atom is 0.331 e. The van der Waals surface area contributed by atoms with Crippen molar-refractivity contribution in [1.29, 1.82) is 0 Å². The van der Waals surface area contributed by atoms with Crippen LogP contribution in [0.25, 0.3) is 0 Å². The number of nitrogens with one attached hydrogen (secondary N) is 1. The molecule has 4 nitrogen and oxygen atoms in total. The van der Waals surface area contributed by atoms with Crippen molar-refractivity contribution in [2.24, 2.45) is 0 Å². The van der Waals surface area contributed by atoms with Crippen LogP contribution in [0.4, 0.5) is 5.69 Å². The number of hydrogen-bond donors (Lipinski definition) is 1. The molecule has 0 radical (unpaired) electrons. The Kier molecular flexibility index (Phi) is 4.89. The first-order valence-corrected chi connectivity index (χ1v) is 7.27. The van der Waals surface area contributed by atoms with Gasteiger partial charge in [-0.3, -0.25) is 0 Å². The lowest BCUT2D eigenvalue weighted by molar-refractivity contribution is -0.153. The largest absolute Gasteiger partial charge is 0.464 e. The molecule has 1 fully saturated rings. The van der Waals surface area contributed by atoms with Gasteiger partial charge >= 0.3 is 5.97 Å². The van der Waals surface area contributed by atoms with Gasteiger partial charge in [-0.2, -0.15) is 0 Å². The molecule has 0 spiro atoms. The van der Waals surface area contributed by atoms with Gasteiger partial charge in [0.25, 0.3) is 0 Å². The number of esters is 1. The zero-order valence-electron chi connectivity index (χ0n) is 11.8. The standard InChI is InChI=1S/C15H20ClNO3/c1-3-19-14(18)15(8-9-20-11(2)10-15)17-13-7-5-4-6-12(13)16/h4-7,11,17H,3,8-10H2,1-2H3. The highest BCUT2D eigenvalue weighted by molar-refractivity contribution is 6.33. The van der Waals surface area contributed by atoms with Crippen LogP contribution in [0.3, 0.4) is 0 Å². The molecule has 20 heavy (non-hydrogen) atoms. The predicted molar refractivity (Wildman–Crippen MR) is 79.1 cm³/mol. The van der Waals surface area contributed by atoms with Gasteiger partial charge in [0.15, 0.2) is 0 Å². The number of rotatable bonds is 4. The number of halogens is 1. The summed E-state index contributed by atoms with van der Waals surface area (Å²) in [5, 5.41) is 3.88. The molecule has 1 saturated heterocycles. The van der Waals surface area contributed by atoms with E-state index in [1.54, 1.807) is 6.07 Å². The number of ether oxygens (including phenoxy) is 2. The summed E-state index contributed by atoms with van der Waals surface area (Å²) in [6.07, 6.45) is 1.14. The summed E-state index contributed by atoms with van der Waals surface area (Å²) in [7, 11) is 0. The van der Waals surface area contributed by atoms with Gasteiger partial charge in [0.05, 0.1) is 23.4 Å². The zero-order valence-corrected chi connectivity index (χ0v) is 12.6. The van der Waals surface area contributed by atoms with Gasteiger partial charge in [0.2, 0.25) is 0 Å². The van der Waals surface area contributed by atoms with E-state index in [0.717, 1.165) is 5.69 Å². The Labute approximate surface area is 124 Å². The lowest BCUT2D eigenvalue weighted by Crippen LogP contribution is -2.53. The first-order valence-electron chi connectivity index (χ1n) is 6.89. The Hall–Kier alpha value is -1.26.